The van der Waals surface area contributed by atoms with Gasteiger partial charge in [-0.15, -0.1) is 17.9 Å². The van der Waals surface area contributed by atoms with Gasteiger partial charge in [-0.2, -0.15) is 0 Å². The van der Waals surface area contributed by atoms with Gasteiger partial charge in [0.1, 0.15) is 0 Å². The van der Waals surface area contributed by atoms with Crippen LogP contribution in [0.5, 0.6) is 0 Å². The van der Waals surface area contributed by atoms with Gasteiger partial charge < -0.3 is 10.1 Å². The summed E-state index contributed by atoms with van der Waals surface area (Å²) in [6, 6.07) is -0.274. The number of ether oxygens (including phenoxy) is 1. The molecule has 0 spiro atoms. The highest BCUT2D eigenvalue weighted by molar-refractivity contribution is 7.13. The van der Waals surface area contributed by atoms with E-state index in [-0.39, 0.29) is 18.2 Å². The maximum absolute atomic E-state index is 11.9. The van der Waals surface area contributed by atoms with Crippen molar-refractivity contribution in [2.45, 2.75) is 52.0 Å². The Morgan fingerprint density at radius 1 is 1.52 bits per heavy atom. The first-order valence-electron chi connectivity index (χ1n) is 7.82. The van der Waals surface area contributed by atoms with Crippen molar-refractivity contribution in [3.8, 4) is 0 Å². The van der Waals surface area contributed by atoms with Crippen LogP contribution in [0.2, 0.25) is 0 Å². The first-order valence-corrected chi connectivity index (χ1v) is 8.70. The molecule has 2 amide bonds. The van der Waals surface area contributed by atoms with Crippen LogP contribution in [-0.4, -0.2) is 46.8 Å². The Hall–Kier alpha value is -1.44. The number of nitrogens with zero attached hydrogens (tertiary/aromatic N) is 2. The van der Waals surface area contributed by atoms with Crippen LogP contribution in [0.15, 0.2) is 18.0 Å². The number of hydrogen-bond acceptors (Lipinski definition) is 5. The molecule has 128 valence electrons. The summed E-state index contributed by atoms with van der Waals surface area (Å²) in [5.41, 5.74) is 0.513. The summed E-state index contributed by atoms with van der Waals surface area (Å²) < 4.78 is 5.74. The van der Waals surface area contributed by atoms with Crippen molar-refractivity contribution in [3.63, 3.8) is 0 Å². The summed E-state index contributed by atoms with van der Waals surface area (Å²) in [5.74, 6) is 0. The Morgan fingerprint density at radius 2 is 2.17 bits per heavy atom. The van der Waals surface area contributed by atoms with Crippen molar-refractivity contribution in [3.05, 3.63) is 23.7 Å². The molecule has 1 saturated heterocycles. The third-order valence-corrected chi connectivity index (χ3v) is 4.41. The minimum absolute atomic E-state index is 0.238. The van der Waals surface area contributed by atoms with Crippen molar-refractivity contribution in [2.24, 2.45) is 0 Å². The van der Waals surface area contributed by atoms with Gasteiger partial charge in [0.2, 0.25) is 0 Å². The molecule has 1 aliphatic heterocycles. The fourth-order valence-electron chi connectivity index (χ4n) is 2.55. The topological polar surface area (TPSA) is 66.5 Å². The largest absolute Gasteiger partial charge is 0.373 e. The first-order chi connectivity index (χ1) is 10.8. The van der Waals surface area contributed by atoms with Crippen LogP contribution < -0.4 is 10.6 Å². The standard InChI is InChI=1S/C16H26N4O2S/c1-6-16(4,5)19-14(21)18-15-17-13(10-23-15)9-20-7-11(2)22-12(3)8-20/h6,10-12H,1,7-9H2,2-5H3,(H2,17,18,19,21). The van der Waals surface area contributed by atoms with Crippen LogP contribution in [-0.2, 0) is 11.3 Å². The van der Waals surface area contributed by atoms with E-state index in [0.717, 1.165) is 25.3 Å². The maximum atomic E-state index is 11.9. The number of thiazole rings is 1. The second-order valence-corrected chi connectivity index (χ2v) is 7.46. The number of urea groups is 1. The van der Waals surface area contributed by atoms with Crippen LogP contribution in [0.4, 0.5) is 9.93 Å². The highest BCUT2D eigenvalue weighted by atomic mass is 32.1. The van der Waals surface area contributed by atoms with Crippen LogP contribution in [0.25, 0.3) is 0 Å². The Kier molecular flexibility index (Phi) is 5.78. The van der Waals surface area contributed by atoms with Gasteiger partial charge in [-0.1, -0.05) is 6.08 Å². The van der Waals surface area contributed by atoms with Crippen LogP contribution in [0, 0.1) is 0 Å². The van der Waals surface area contributed by atoms with E-state index >= 15 is 0 Å². The van der Waals surface area contributed by atoms with Gasteiger partial charge in [0.05, 0.1) is 23.4 Å². The molecule has 2 N–H and O–H groups in total. The number of aromatic nitrogens is 1. The number of amides is 2. The average Bonchev–Trinajstić information content (AvgIpc) is 2.83. The Morgan fingerprint density at radius 3 is 2.78 bits per heavy atom. The van der Waals surface area contributed by atoms with Crippen LogP contribution in [0.3, 0.4) is 0 Å². The zero-order valence-corrected chi connectivity index (χ0v) is 15.1. The Balaban J connectivity index is 1.88. The zero-order valence-electron chi connectivity index (χ0n) is 14.3. The predicted octanol–water partition coefficient (Wildman–Crippen LogP) is 2.84. The fraction of sp³-hybridized carbons (Fsp3) is 0.625. The van der Waals surface area contributed by atoms with E-state index in [1.165, 1.54) is 11.3 Å². The Labute approximate surface area is 141 Å². The van der Waals surface area contributed by atoms with Gasteiger partial charge in [-0.25, -0.2) is 9.78 Å². The molecule has 2 unspecified atom stereocenters. The SMILES string of the molecule is C=CC(C)(C)NC(=O)Nc1nc(CN2CC(C)OC(C)C2)cs1. The lowest BCUT2D eigenvalue weighted by molar-refractivity contribution is -0.0707. The number of nitrogens with one attached hydrogen (secondary N) is 2. The molecule has 0 aromatic carbocycles. The van der Waals surface area contributed by atoms with Crippen molar-refractivity contribution >= 4 is 22.5 Å². The van der Waals surface area contributed by atoms with E-state index in [0.29, 0.717) is 5.13 Å². The van der Waals surface area contributed by atoms with Gasteiger partial charge in [0.15, 0.2) is 5.13 Å². The summed E-state index contributed by atoms with van der Waals surface area (Å²) in [6.45, 7) is 14.2. The summed E-state index contributed by atoms with van der Waals surface area (Å²) >= 11 is 1.43. The van der Waals surface area contributed by atoms with Gasteiger partial charge >= 0.3 is 6.03 Å². The second-order valence-electron chi connectivity index (χ2n) is 6.60. The van der Waals surface area contributed by atoms with E-state index in [9.17, 15) is 4.79 Å². The molecule has 7 heteroatoms. The maximum Gasteiger partial charge on any atom is 0.321 e. The molecule has 2 rings (SSSR count). The van der Waals surface area contributed by atoms with Gasteiger partial charge in [-0.05, 0) is 27.7 Å². The van der Waals surface area contributed by atoms with Crippen LogP contribution >= 0.6 is 11.3 Å². The molecular weight excluding hydrogens is 312 g/mol. The van der Waals surface area contributed by atoms with E-state index < -0.39 is 5.54 Å². The quantitative estimate of drug-likeness (QED) is 0.810. The summed E-state index contributed by atoms with van der Waals surface area (Å²) in [7, 11) is 0. The van der Waals surface area contributed by atoms with Crippen molar-refractivity contribution in [1.82, 2.24) is 15.2 Å². The molecule has 0 aliphatic carbocycles. The third kappa shape index (κ3) is 5.60. The molecule has 1 aromatic heterocycles. The minimum Gasteiger partial charge on any atom is -0.373 e. The third-order valence-electron chi connectivity index (χ3n) is 3.60. The molecule has 2 heterocycles. The average molecular weight is 338 g/mol. The molecule has 0 saturated carbocycles. The normalized spacial score (nSPS) is 22.6. The number of morpholine rings is 1. The van der Waals surface area contributed by atoms with Gasteiger partial charge in [0, 0.05) is 25.0 Å². The van der Waals surface area contributed by atoms with E-state index in [2.05, 4.69) is 40.9 Å². The molecule has 1 aliphatic rings. The van der Waals surface area contributed by atoms with Crippen molar-refractivity contribution < 1.29 is 9.53 Å². The molecule has 0 bridgehead atoms. The number of carbonyl (C=O) groups is 1. The molecular formula is C16H26N4O2S. The molecule has 1 aromatic rings. The summed E-state index contributed by atoms with van der Waals surface area (Å²) in [4.78, 5) is 18.8. The van der Waals surface area contributed by atoms with Crippen molar-refractivity contribution in [2.75, 3.05) is 18.4 Å². The van der Waals surface area contributed by atoms with E-state index in [1.807, 2.05) is 19.2 Å². The lowest BCUT2D eigenvalue weighted by atomic mass is 10.1. The predicted molar refractivity (Wildman–Crippen MR) is 93.8 cm³/mol. The summed E-state index contributed by atoms with van der Waals surface area (Å²) in [5, 5.41) is 8.19. The monoisotopic (exact) mass is 338 g/mol. The minimum atomic E-state index is -0.454. The number of carbonyl (C=O) groups excluding carboxylic acids is 1. The smallest absolute Gasteiger partial charge is 0.321 e. The van der Waals surface area contributed by atoms with Crippen molar-refractivity contribution in [1.29, 1.82) is 0 Å². The Bertz CT molecular complexity index is 548. The molecule has 6 nitrogen and oxygen atoms in total. The second kappa shape index (κ2) is 7.42. The number of hydrogen-bond donors (Lipinski definition) is 2. The van der Waals surface area contributed by atoms with Gasteiger partial charge in [-0.3, -0.25) is 10.2 Å². The highest BCUT2D eigenvalue weighted by Crippen LogP contribution is 2.19. The number of rotatable bonds is 5. The van der Waals surface area contributed by atoms with E-state index in [1.54, 1.807) is 6.08 Å². The molecule has 1 fully saturated rings. The van der Waals surface area contributed by atoms with E-state index in [4.69, 9.17) is 4.74 Å². The fourth-order valence-corrected chi connectivity index (χ4v) is 3.25. The highest BCUT2D eigenvalue weighted by Gasteiger charge is 2.23. The lowest BCUT2D eigenvalue weighted by Crippen LogP contribution is -2.44. The first kappa shape index (κ1) is 17.9. The molecule has 23 heavy (non-hydrogen) atoms. The molecule has 0 radical (unpaired) electrons. The zero-order chi connectivity index (χ0) is 17.0. The van der Waals surface area contributed by atoms with Gasteiger partial charge in [0.25, 0.3) is 0 Å². The summed E-state index contributed by atoms with van der Waals surface area (Å²) in [6.07, 6.45) is 2.17. The lowest BCUT2D eigenvalue weighted by Gasteiger charge is -2.34. The number of anilines is 1. The molecule has 2 atom stereocenters. The van der Waals surface area contributed by atoms with Crippen LogP contribution in [0.1, 0.15) is 33.4 Å².